The Balaban J connectivity index is 1.47. The first-order valence-electron chi connectivity index (χ1n) is 9.71. The van der Waals surface area contributed by atoms with E-state index in [2.05, 4.69) is 10.6 Å². The van der Waals surface area contributed by atoms with Crippen molar-refractivity contribution in [2.75, 3.05) is 19.8 Å². The molecule has 2 amide bonds. The molecule has 0 aliphatic carbocycles. The predicted octanol–water partition coefficient (Wildman–Crippen LogP) is 3.60. The number of amides is 2. The van der Waals surface area contributed by atoms with E-state index in [1.165, 1.54) is 0 Å². The van der Waals surface area contributed by atoms with Crippen LogP contribution in [-0.4, -0.2) is 31.9 Å². The van der Waals surface area contributed by atoms with Crippen molar-refractivity contribution in [3.8, 4) is 17.2 Å². The van der Waals surface area contributed by atoms with Crippen LogP contribution in [0.5, 0.6) is 17.2 Å². The van der Waals surface area contributed by atoms with Crippen LogP contribution >= 0.6 is 0 Å². The maximum absolute atomic E-state index is 12.1. The lowest BCUT2D eigenvalue weighted by Gasteiger charge is -2.14. The molecule has 150 valence electrons. The summed E-state index contributed by atoms with van der Waals surface area (Å²) in [6.07, 6.45) is 1.05. The number of nitrogens with one attached hydrogen (secondary N) is 2. The van der Waals surface area contributed by atoms with Crippen molar-refractivity contribution in [1.29, 1.82) is 0 Å². The maximum Gasteiger partial charge on any atom is 0.315 e. The summed E-state index contributed by atoms with van der Waals surface area (Å²) in [6, 6.07) is 11.6. The quantitative estimate of drug-likeness (QED) is 0.683. The SMILES string of the molecule is CCOc1cc2c(cc1CNC(=O)NCCOc1cccc(C)c1)O[C@H](C)C2. The Morgan fingerprint density at radius 3 is 2.86 bits per heavy atom. The van der Waals surface area contributed by atoms with Gasteiger partial charge in [0.1, 0.15) is 30.0 Å². The van der Waals surface area contributed by atoms with E-state index < -0.39 is 0 Å². The average molecular weight is 384 g/mol. The molecule has 2 N–H and O–H groups in total. The number of rotatable bonds is 8. The average Bonchev–Trinajstić information content (AvgIpc) is 3.02. The molecule has 0 saturated heterocycles. The van der Waals surface area contributed by atoms with E-state index in [-0.39, 0.29) is 12.1 Å². The van der Waals surface area contributed by atoms with Gasteiger partial charge in [0.05, 0.1) is 13.2 Å². The molecule has 0 unspecified atom stereocenters. The molecule has 0 radical (unpaired) electrons. The van der Waals surface area contributed by atoms with E-state index in [1.54, 1.807) is 0 Å². The Hall–Kier alpha value is -2.89. The van der Waals surface area contributed by atoms with Crippen molar-refractivity contribution in [2.24, 2.45) is 0 Å². The van der Waals surface area contributed by atoms with Crippen molar-refractivity contribution in [3.05, 3.63) is 53.1 Å². The molecule has 1 aliphatic heterocycles. The molecule has 2 aromatic rings. The van der Waals surface area contributed by atoms with Gasteiger partial charge in [0.15, 0.2) is 0 Å². The molecule has 0 aromatic heterocycles. The van der Waals surface area contributed by atoms with Gasteiger partial charge in [-0.15, -0.1) is 0 Å². The lowest BCUT2D eigenvalue weighted by molar-refractivity contribution is 0.235. The van der Waals surface area contributed by atoms with Crippen LogP contribution < -0.4 is 24.8 Å². The predicted molar refractivity (Wildman–Crippen MR) is 108 cm³/mol. The first-order chi connectivity index (χ1) is 13.5. The lowest BCUT2D eigenvalue weighted by Crippen LogP contribution is -2.37. The van der Waals surface area contributed by atoms with E-state index >= 15 is 0 Å². The minimum absolute atomic E-state index is 0.171. The molecule has 0 bridgehead atoms. The summed E-state index contributed by atoms with van der Waals surface area (Å²) >= 11 is 0. The Bertz CT molecular complexity index is 822. The van der Waals surface area contributed by atoms with Crippen LogP contribution in [0.1, 0.15) is 30.5 Å². The van der Waals surface area contributed by atoms with Gasteiger partial charge in [-0.25, -0.2) is 4.79 Å². The summed E-state index contributed by atoms with van der Waals surface area (Å²) in [5.74, 6) is 2.47. The van der Waals surface area contributed by atoms with Gasteiger partial charge < -0.3 is 24.8 Å². The third kappa shape index (κ3) is 5.31. The number of aryl methyl sites for hydroxylation is 1. The fraction of sp³-hybridized carbons (Fsp3) is 0.409. The zero-order valence-electron chi connectivity index (χ0n) is 16.7. The van der Waals surface area contributed by atoms with Crippen molar-refractivity contribution >= 4 is 6.03 Å². The molecule has 0 saturated carbocycles. The summed E-state index contributed by atoms with van der Waals surface area (Å²) in [5.41, 5.74) is 3.19. The number of hydrogen-bond donors (Lipinski definition) is 2. The Kier molecular flexibility index (Phi) is 6.63. The van der Waals surface area contributed by atoms with Crippen LogP contribution in [0.3, 0.4) is 0 Å². The Labute approximate surface area is 166 Å². The van der Waals surface area contributed by atoms with Crippen molar-refractivity contribution in [2.45, 2.75) is 39.8 Å². The van der Waals surface area contributed by atoms with Crippen molar-refractivity contribution < 1.29 is 19.0 Å². The van der Waals surface area contributed by atoms with E-state index in [1.807, 2.05) is 57.2 Å². The van der Waals surface area contributed by atoms with Crippen LogP contribution in [-0.2, 0) is 13.0 Å². The molecule has 28 heavy (non-hydrogen) atoms. The van der Waals surface area contributed by atoms with Crippen molar-refractivity contribution in [3.63, 3.8) is 0 Å². The third-order valence-corrected chi connectivity index (χ3v) is 4.46. The Morgan fingerprint density at radius 2 is 2.07 bits per heavy atom. The minimum atomic E-state index is -0.245. The number of ether oxygens (including phenoxy) is 3. The van der Waals surface area contributed by atoms with Gasteiger partial charge in [-0.3, -0.25) is 0 Å². The first kappa shape index (κ1) is 19.9. The standard InChI is InChI=1S/C22H28N2O4/c1-4-26-20-12-17-11-16(3)28-21(17)13-18(20)14-24-22(25)23-8-9-27-19-7-5-6-15(2)10-19/h5-7,10,12-13,16H,4,8-9,11,14H2,1-3H3,(H2,23,24,25)/t16-/m1/s1. The highest BCUT2D eigenvalue weighted by molar-refractivity contribution is 5.74. The molecule has 6 heteroatoms. The molecule has 2 aromatic carbocycles. The van der Waals surface area contributed by atoms with Crippen LogP contribution in [0.2, 0.25) is 0 Å². The van der Waals surface area contributed by atoms with E-state index in [0.717, 1.165) is 40.4 Å². The molecular formula is C22H28N2O4. The monoisotopic (exact) mass is 384 g/mol. The number of carbonyl (C=O) groups excluding carboxylic acids is 1. The zero-order chi connectivity index (χ0) is 19.9. The second kappa shape index (κ2) is 9.35. The second-order valence-electron chi connectivity index (χ2n) is 6.91. The number of hydrogen-bond acceptors (Lipinski definition) is 4. The molecule has 3 rings (SSSR count). The largest absolute Gasteiger partial charge is 0.494 e. The number of urea groups is 1. The fourth-order valence-electron chi connectivity index (χ4n) is 3.19. The summed E-state index contributed by atoms with van der Waals surface area (Å²) in [5, 5.41) is 5.67. The fourth-order valence-corrected chi connectivity index (χ4v) is 3.19. The van der Waals surface area contributed by atoms with Gasteiger partial charge in [0, 0.05) is 24.1 Å². The molecular weight excluding hydrogens is 356 g/mol. The third-order valence-electron chi connectivity index (χ3n) is 4.46. The highest BCUT2D eigenvalue weighted by Gasteiger charge is 2.22. The van der Waals surface area contributed by atoms with Gasteiger partial charge >= 0.3 is 6.03 Å². The van der Waals surface area contributed by atoms with Crippen LogP contribution in [0.15, 0.2) is 36.4 Å². The molecule has 0 spiro atoms. The summed E-state index contributed by atoms with van der Waals surface area (Å²) < 4.78 is 17.2. The molecule has 6 nitrogen and oxygen atoms in total. The summed E-state index contributed by atoms with van der Waals surface area (Å²) in [7, 11) is 0. The first-order valence-corrected chi connectivity index (χ1v) is 9.71. The highest BCUT2D eigenvalue weighted by atomic mass is 16.5. The molecule has 1 heterocycles. The maximum atomic E-state index is 12.1. The van der Waals surface area contributed by atoms with Gasteiger partial charge in [-0.1, -0.05) is 12.1 Å². The van der Waals surface area contributed by atoms with Crippen LogP contribution in [0.25, 0.3) is 0 Å². The molecule has 1 atom stereocenters. The van der Waals surface area contributed by atoms with Crippen molar-refractivity contribution in [1.82, 2.24) is 10.6 Å². The van der Waals surface area contributed by atoms with Gasteiger partial charge in [-0.05, 0) is 50.6 Å². The van der Waals surface area contributed by atoms with Gasteiger partial charge in [-0.2, -0.15) is 0 Å². The number of carbonyl (C=O) groups is 1. The normalized spacial score (nSPS) is 14.8. The second-order valence-corrected chi connectivity index (χ2v) is 6.91. The zero-order valence-corrected chi connectivity index (χ0v) is 16.7. The van der Waals surface area contributed by atoms with Gasteiger partial charge in [0.2, 0.25) is 0 Å². The summed E-state index contributed by atoms with van der Waals surface area (Å²) in [6.45, 7) is 7.78. The van der Waals surface area contributed by atoms with Gasteiger partial charge in [0.25, 0.3) is 0 Å². The molecule has 0 fully saturated rings. The number of benzene rings is 2. The lowest BCUT2D eigenvalue weighted by atomic mass is 10.1. The van der Waals surface area contributed by atoms with E-state index in [4.69, 9.17) is 14.2 Å². The van der Waals surface area contributed by atoms with Crippen LogP contribution in [0, 0.1) is 6.92 Å². The van der Waals surface area contributed by atoms with Crippen LogP contribution in [0.4, 0.5) is 4.79 Å². The molecule has 1 aliphatic rings. The topological polar surface area (TPSA) is 68.8 Å². The minimum Gasteiger partial charge on any atom is -0.494 e. The Morgan fingerprint density at radius 1 is 1.21 bits per heavy atom. The summed E-state index contributed by atoms with van der Waals surface area (Å²) in [4.78, 5) is 12.1. The smallest absolute Gasteiger partial charge is 0.315 e. The highest BCUT2D eigenvalue weighted by Crippen LogP contribution is 2.35. The van der Waals surface area contributed by atoms with E-state index in [0.29, 0.717) is 26.3 Å². The van der Waals surface area contributed by atoms with E-state index in [9.17, 15) is 4.79 Å². The number of fused-ring (bicyclic) bond motifs is 1.